The monoisotopic (exact) mass is 422 g/mol. The van der Waals surface area contributed by atoms with E-state index in [0.717, 1.165) is 30.2 Å². The molecule has 0 radical (unpaired) electrons. The molecule has 1 fully saturated rings. The Morgan fingerprint density at radius 3 is 2.50 bits per heavy atom. The average molecular weight is 423 g/mol. The van der Waals surface area contributed by atoms with E-state index in [0.29, 0.717) is 6.04 Å². The minimum atomic E-state index is 0.303. The third-order valence-corrected chi connectivity index (χ3v) is 6.66. The van der Waals surface area contributed by atoms with Gasteiger partial charge in [-0.2, -0.15) is 0 Å². The van der Waals surface area contributed by atoms with E-state index in [9.17, 15) is 0 Å². The summed E-state index contributed by atoms with van der Waals surface area (Å²) in [6.45, 7) is 3.42. The molecule has 0 bridgehead atoms. The van der Waals surface area contributed by atoms with Gasteiger partial charge < -0.3 is 9.64 Å². The summed E-state index contributed by atoms with van der Waals surface area (Å²) in [6, 6.07) is 19.2. The van der Waals surface area contributed by atoms with Gasteiger partial charge in [0.25, 0.3) is 0 Å². The number of ether oxygens (including phenoxy) is 1. The molecule has 0 aliphatic carbocycles. The molecule has 0 amide bonds. The standard InChI is InChI=1S/C24H30N4OS/c1-29-23-10-12-24(13-11-23)30-19-21-17-28(26-25-21)22(16-20-8-4-2-5-9-20)18-27-14-6-3-7-15-27/h2,4-5,8-13,17,22H,3,6-7,14-16,18-19H2,1H3/t22-/m1/s1. The fourth-order valence-electron chi connectivity index (χ4n) is 3.96. The molecule has 1 aromatic heterocycles. The molecule has 6 heteroatoms. The van der Waals surface area contributed by atoms with Crippen molar-refractivity contribution in [2.45, 2.75) is 42.4 Å². The summed E-state index contributed by atoms with van der Waals surface area (Å²) in [5, 5.41) is 8.99. The highest BCUT2D eigenvalue weighted by atomic mass is 32.2. The molecule has 158 valence electrons. The Labute approximate surface area is 183 Å². The van der Waals surface area contributed by atoms with Gasteiger partial charge in [0, 0.05) is 23.4 Å². The van der Waals surface area contributed by atoms with Gasteiger partial charge in [0.05, 0.1) is 18.8 Å². The molecule has 3 aromatic rings. The Bertz CT molecular complexity index is 891. The molecule has 0 unspecified atom stereocenters. The van der Waals surface area contributed by atoms with Crippen LogP contribution in [-0.4, -0.2) is 46.6 Å². The van der Waals surface area contributed by atoms with Crippen molar-refractivity contribution < 1.29 is 4.74 Å². The van der Waals surface area contributed by atoms with Gasteiger partial charge in [-0.3, -0.25) is 0 Å². The smallest absolute Gasteiger partial charge is 0.118 e. The van der Waals surface area contributed by atoms with E-state index in [-0.39, 0.29) is 0 Å². The number of piperidine rings is 1. The van der Waals surface area contributed by atoms with Gasteiger partial charge in [-0.1, -0.05) is 42.0 Å². The lowest BCUT2D eigenvalue weighted by molar-refractivity contribution is 0.189. The molecule has 4 rings (SSSR count). The summed E-state index contributed by atoms with van der Waals surface area (Å²) in [5.74, 6) is 1.69. The Morgan fingerprint density at radius 2 is 1.77 bits per heavy atom. The maximum Gasteiger partial charge on any atom is 0.118 e. The second kappa shape index (κ2) is 10.6. The normalized spacial score (nSPS) is 15.8. The van der Waals surface area contributed by atoms with Crippen LogP contribution in [0.5, 0.6) is 5.75 Å². The summed E-state index contributed by atoms with van der Waals surface area (Å²) in [7, 11) is 1.69. The number of aromatic nitrogens is 3. The minimum Gasteiger partial charge on any atom is -0.497 e. The number of likely N-dealkylation sites (tertiary alicyclic amines) is 1. The maximum absolute atomic E-state index is 5.23. The van der Waals surface area contributed by atoms with Gasteiger partial charge in [0.15, 0.2) is 0 Å². The minimum absolute atomic E-state index is 0.303. The van der Waals surface area contributed by atoms with Crippen molar-refractivity contribution in [2.75, 3.05) is 26.7 Å². The zero-order valence-corrected chi connectivity index (χ0v) is 18.4. The molecule has 0 N–H and O–H groups in total. The van der Waals surface area contributed by atoms with Gasteiger partial charge in [-0.25, -0.2) is 4.68 Å². The summed E-state index contributed by atoms with van der Waals surface area (Å²) in [5.41, 5.74) is 2.37. The number of thioether (sulfide) groups is 1. The maximum atomic E-state index is 5.23. The lowest BCUT2D eigenvalue weighted by atomic mass is 10.0. The molecular weight excluding hydrogens is 392 g/mol. The Hall–Kier alpha value is -2.31. The van der Waals surface area contributed by atoms with Crippen molar-refractivity contribution in [2.24, 2.45) is 0 Å². The number of hydrogen-bond acceptors (Lipinski definition) is 5. The van der Waals surface area contributed by atoms with Crippen molar-refractivity contribution in [3.05, 3.63) is 72.1 Å². The predicted molar refractivity (Wildman–Crippen MR) is 122 cm³/mol. The molecule has 2 aromatic carbocycles. The first kappa shape index (κ1) is 20.9. The lowest BCUT2D eigenvalue weighted by Crippen LogP contribution is -2.36. The third-order valence-electron chi connectivity index (χ3n) is 5.61. The van der Waals surface area contributed by atoms with Gasteiger partial charge in [-0.05, 0) is 62.2 Å². The predicted octanol–water partition coefficient (Wildman–Crippen LogP) is 4.85. The molecule has 1 atom stereocenters. The van der Waals surface area contributed by atoms with Crippen LogP contribution in [0.3, 0.4) is 0 Å². The molecule has 1 aliphatic heterocycles. The van der Waals surface area contributed by atoms with Gasteiger partial charge in [0.1, 0.15) is 5.75 Å². The topological polar surface area (TPSA) is 43.2 Å². The fourth-order valence-corrected chi connectivity index (χ4v) is 4.73. The van der Waals surface area contributed by atoms with Crippen molar-refractivity contribution in [3.8, 4) is 5.75 Å². The Kier molecular flexibility index (Phi) is 7.43. The van der Waals surface area contributed by atoms with E-state index in [4.69, 9.17) is 4.74 Å². The number of rotatable bonds is 9. The van der Waals surface area contributed by atoms with E-state index in [1.165, 1.54) is 42.8 Å². The van der Waals surface area contributed by atoms with E-state index in [1.54, 1.807) is 18.9 Å². The highest BCUT2D eigenvalue weighted by Gasteiger charge is 2.20. The molecule has 1 aliphatic rings. The van der Waals surface area contributed by atoms with E-state index < -0.39 is 0 Å². The molecule has 0 spiro atoms. The van der Waals surface area contributed by atoms with Crippen molar-refractivity contribution in [1.29, 1.82) is 0 Å². The second-order valence-corrected chi connectivity index (χ2v) is 8.91. The van der Waals surface area contributed by atoms with Crippen LogP contribution in [0.1, 0.15) is 36.6 Å². The van der Waals surface area contributed by atoms with Crippen LogP contribution in [0.15, 0.2) is 65.7 Å². The van der Waals surface area contributed by atoms with Crippen molar-refractivity contribution in [1.82, 2.24) is 19.9 Å². The summed E-state index contributed by atoms with van der Waals surface area (Å²) >= 11 is 1.78. The molecular formula is C24H30N4OS. The molecule has 30 heavy (non-hydrogen) atoms. The van der Waals surface area contributed by atoms with Crippen LogP contribution in [0, 0.1) is 0 Å². The molecule has 2 heterocycles. The number of nitrogens with zero attached hydrogens (tertiary/aromatic N) is 4. The summed E-state index contributed by atoms with van der Waals surface area (Å²) < 4.78 is 7.32. The van der Waals surface area contributed by atoms with Gasteiger partial charge in [0.2, 0.25) is 0 Å². The highest BCUT2D eigenvalue weighted by Crippen LogP contribution is 2.25. The highest BCUT2D eigenvalue weighted by molar-refractivity contribution is 7.98. The Balaban J connectivity index is 1.42. The molecule has 0 saturated carbocycles. The third kappa shape index (κ3) is 5.86. The number of methoxy groups -OCH3 is 1. The molecule has 1 saturated heterocycles. The molecule has 5 nitrogen and oxygen atoms in total. The van der Waals surface area contributed by atoms with Gasteiger partial charge >= 0.3 is 0 Å². The summed E-state index contributed by atoms with van der Waals surface area (Å²) in [6.07, 6.45) is 7.08. The second-order valence-electron chi connectivity index (χ2n) is 7.86. The first-order valence-corrected chi connectivity index (χ1v) is 11.7. The number of hydrogen-bond donors (Lipinski definition) is 0. The average Bonchev–Trinajstić information content (AvgIpc) is 3.28. The van der Waals surface area contributed by atoms with Crippen LogP contribution in [-0.2, 0) is 12.2 Å². The van der Waals surface area contributed by atoms with E-state index in [1.807, 2.05) is 12.1 Å². The van der Waals surface area contributed by atoms with Crippen molar-refractivity contribution in [3.63, 3.8) is 0 Å². The van der Waals surface area contributed by atoms with Crippen LogP contribution >= 0.6 is 11.8 Å². The van der Waals surface area contributed by atoms with Crippen molar-refractivity contribution >= 4 is 11.8 Å². The Morgan fingerprint density at radius 1 is 1.00 bits per heavy atom. The first-order valence-electron chi connectivity index (χ1n) is 10.7. The van der Waals surface area contributed by atoms with Gasteiger partial charge in [-0.15, -0.1) is 16.9 Å². The van der Waals surface area contributed by atoms with Crippen LogP contribution < -0.4 is 4.74 Å². The quantitative estimate of drug-likeness (QED) is 0.461. The zero-order valence-electron chi connectivity index (χ0n) is 17.6. The zero-order chi connectivity index (χ0) is 20.6. The van der Waals surface area contributed by atoms with E-state index in [2.05, 4.69) is 68.6 Å². The SMILES string of the molecule is COc1ccc(SCc2cn([C@H](Cc3ccccc3)CN3CCCCC3)nn2)cc1. The largest absolute Gasteiger partial charge is 0.497 e. The van der Waals surface area contributed by atoms with E-state index >= 15 is 0 Å². The fraction of sp³-hybridized carbons (Fsp3) is 0.417. The van der Waals surface area contributed by atoms with Crippen LogP contribution in [0.4, 0.5) is 0 Å². The van der Waals surface area contributed by atoms with Crippen LogP contribution in [0.25, 0.3) is 0 Å². The first-order chi connectivity index (χ1) is 14.8. The summed E-state index contributed by atoms with van der Waals surface area (Å²) in [4.78, 5) is 3.80. The van der Waals surface area contributed by atoms with Crippen LogP contribution in [0.2, 0.25) is 0 Å². The number of benzene rings is 2. The lowest BCUT2D eigenvalue weighted by Gasteiger charge is -2.30.